The molecule has 30 heavy (non-hydrogen) atoms. The highest BCUT2D eigenvalue weighted by atomic mass is 35.5. The maximum atomic E-state index is 13.6. The predicted octanol–water partition coefficient (Wildman–Crippen LogP) is 4.86. The summed E-state index contributed by atoms with van der Waals surface area (Å²) in [6, 6.07) is 15.5. The minimum Gasteiger partial charge on any atom is -0.365 e. The van der Waals surface area contributed by atoms with E-state index in [0.29, 0.717) is 18.5 Å². The number of halogens is 1. The Morgan fingerprint density at radius 3 is 2.50 bits per heavy atom. The molecule has 2 aromatic carbocycles. The van der Waals surface area contributed by atoms with E-state index in [2.05, 4.69) is 40.5 Å². The van der Waals surface area contributed by atoms with E-state index in [9.17, 15) is 4.79 Å². The third-order valence-electron chi connectivity index (χ3n) is 7.17. The molecule has 5 heteroatoms. The molecule has 3 saturated carbocycles. The van der Waals surface area contributed by atoms with Crippen molar-refractivity contribution in [1.82, 2.24) is 5.32 Å². The summed E-state index contributed by atoms with van der Waals surface area (Å²) in [5, 5.41) is 4.39. The van der Waals surface area contributed by atoms with Crippen LogP contribution in [0.2, 0.25) is 5.02 Å². The second-order valence-corrected chi connectivity index (χ2v) is 9.84. The van der Waals surface area contributed by atoms with Gasteiger partial charge in [-0.15, -0.1) is 0 Å². The molecule has 1 N–H and O–H groups in total. The second kappa shape index (κ2) is 7.00. The van der Waals surface area contributed by atoms with Crippen LogP contribution < -0.4 is 15.1 Å². The minimum atomic E-state index is -0.437. The van der Waals surface area contributed by atoms with Gasteiger partial charge < -0.3 is 9.80 Å². The van der Waals surface area contributed by atoms with Crippen molar-refractivity contribution >= 4 is 28.9 Å². The summed E-state index contributed by atoms with van der Waals surface area (Å²) in [5.74, 6) is 0.927. The van der Waals surface area contributed by atoms with E-state index >= 15 is 0 Å². The molecule has 0 atom stereocenters. The Morgan fingerprint density at radius 2 is 1.80 bits per heavy atom. The van der Waals surface area contributed by atoms with E-state index in [0.717, 1.165) is 42.2 Å². The Kier molecular flexibility index (Phi) is 4.36. The van der Waals surface area contributed by atoms with Crippen molar-refractivity contribution in [2.24, 2.45) is 0 Å². The number of para-hydroxylation sites is 2. The van der Waals surface area contributed by atoms with E-state index in [1.54, 1.807) is 0 Å². The fraction of sp³-hybridized carbons (Fsp3) is 0.480. The van der Waals surface area contributed by atoms with Crippen molar-refractivity contribution in [3.8, 4) is 0 Å². The van der Waals surface area contributed by atoms with Crippen LogP contribution in [-0.2, 0) is 11.3 Å². The van der Waals surface area contributed by atoms with Crippen molar-refractivity contribution in [3.63, 3.8) is 0 Å². The van der Waals surface area contributed by atoms with Crippen molar-refractivity contribution in [3.05, 3.63) is 58.6 Å². The first-order valence-electron chi connectivity index (χ1n) is 11.4. The lowest BCUT2D eigenvalue weighted by atomic mass is 10.1. The SMILES string of the molecule is O=C(N1CCN(C2CC2)c2ccccc21)C1(NCc2cc(C3CC3)ccc2Cl)CC1. The van der Waals surface area contributed by atoms with Crippen molar-refractivity contribution < 1.29 is 4.79 Å². The van der Waals surface area contributed by atoms with Gasteiger partial charge in [0.15, 0.2) is 0 Å². The molecular formula is C25H28ClN3O. The smallest absolute Gasteiger partial charge is 0.247 e. The van der Waals surface area contributed by atoms with Crippen LogP contribution in [0.15, 0.2) is 42.5 Å². The molecule has 2 aromatic rings. The number of nitrogens with zero attached hydrogens (tertiary/aromatic N) is 2. The molecule has 0 unspecified atom stereocenters. The van der Waals surface area contributed by atoms with Crippen molar-refractivity contribution in [1.29, 1.82) is 0 Å². The lowest BCUT2D eigenvalue weighted by molar-refractivity contribution is -0.121. The largest absolute Gasteiger partial charge is 0.365 e. The molecule has 3 aliphatic carbocycles. The fourth-order valence-electron chi connectivity index (χ4n) is 4.88. The number of fused-ring (bicyclic) bond motifs is 1. The molecule has 6 rings (SSSR count). The average molecular weight is 422 g/mol. The number of carbonyl (C=O) groups excluding carboxylic acids is 1. The van der Waals surface area contributed by atoms with Crippen molar-refractivity contribution in [2.45, 2.75) is 62.6 Å². The first kappa shape index (κ1) is 18.7. The summed E-state index contributed by atoms with van der Waals surface area (Å²) in [5.41, 5.74) is 4.35. The van der Waals surface area contributed by atoms with E-state index in [1.807, 2.05) is 17.0 Å². The van der Waals surface area contributed by atoms with Crippen LogP contribution in [0.5, 0.6) is 0 Å². The standard InChI is InChI=1S/C25H28ClN3O/c26-21-10-7-18(17-5-6-17)15-19(21)16-27-25(11-12-25)24(30)29-14-13-28(20-8-9-20)22-3-1-2-4-23(22)29/h1-4,7,10,15,17,20,27H,5-6,8-9,11-14,16H2. The van der Waals surface area contributed by atoms with Gasteiger partial charge in [-0.1, -0.05) is 35.9 Å². The number of benzene rings is 2. The Hall–Kier alpha value is -2.04. The lowest BCUT2D eigenvalue weighted by Crippen LogP contribution is -2.53. The molecule has 4 nitrogen and oxygen atoms in total. The summed E-state index contributed by atoms with van der Waals surface area (Å²) >= 11 is 6.48. The van der Waals surface area contributed by atoms with Gasteiger partial charge in [0.05, 0.1) is 16.9 Å². The van der Waals surface area contributed by atoms with Crippen LogP contribution in [0.1, 0.15) is 55.6 Å². The first-order valence-corrected chi connectivity index (χ1v) is 11.7. The topological polar surface area (TPSA) is 35.6 Å². The average Bonchev–Trinajstić information content (AvgIpc) is 3.64. The number of nitrogens with one attached hydrogen (secondary N) is 1. The maximum absolute atomic E-state index is 13.6. The van der Waals surface area contributed by atoms with Gasteiger partial charge in [0.1, 0.15) is 0 Å². The van der Waals surface area contributed by atoms with Gasteiger partial charge >= 0.3 is 0 Å². The first-order chi connectivity index (χ1) is 14.6. The van der Waals surface area contributed by atoms with Crippen LogP contribution in [0, 0.1) is 0 Å². The van der Waals surface area contributed by atoms with Crippen LogP contribution in [0.4, 0.5) is 11.4 Å². The monoisotopic (exact) mass is 421 g/mol. The third kappa shape index (κ3) is 3.30. The van der Waals surface area contributed by atoms with Crippen LogP contribution in [0.3, 0.4) is 0 Å². The number of hydrogen-bond donors (Lipinski definition) is 1. The molecule has 0 radical (unpaired) electrons. The van der Waals surface area contributed by atoms with E-state index in [4.69, 9.17) is 11.6 Å². The van der Waals surface area contributed by atoms with Crippen LogP contribution >= 0.6 is 11.6 Å². The zero-order chi connectivity index (χ0) is 20.3. The zero-order valence-corrected chi connectivity index (χ0v) is 18.0. The molecule has 0 saturated heterocycles. The summed E-state index contributed by atoms with van der Waals surface area (Å²) in [4.78, 5) is 18.2. The van der Waals surface area contributed by atoms with Crippen LogP contribution in [-0.4, -0.2) is 30.6 Å². The number of anilines is 2. The van der Waals surface area contributed by atoms with Gasteiger partial charge in [-0.3, -0.25) is 10.1 Å². The molecule has 1 aliphatic heterocycles. The van der Waals surface area contributed by atoms with Gasteiger partial charge in [-0.05, 0) is 73.8 Å². The Labute approximate surface area is 183 Å². The number of amides is 1. The molecule has 156 valence electrons. The normalized spacial score (nSPS) is 22.0. The van der Waals surface area contributed by atoms with E-state index in [-0.39, 0.29) is 5.91 Å². The number of hydrogen-bond acceptors (Lipinski definition) is 3. The predicted molar refractivity (Wildman–Crippen MR) is 121 cm³/mol. The van der Waals surface area contributed by atoms with E-state index in [1.165, 1.54) is 36.9 Å². The van der Waals surface area contributed by atoms with Gasteiger partial charge in [-0.25, -0.2) is 0 Å². The molecule has 3 fully saturated rings. The molecule has 0 spiro atoms. The lowest BCUT2D eigenvalue weighted by Gasteiger charge is -2.39. The Bertz CT molecular complexity index is 994. The summed E-state index contributed by atoms with van der Waals surface area (Å²) in [7, 11) is 0. The Balaban J connectivity index is 1.21. The highest BCUT2D eigenvalue weighted by molar-refractivity contribution is 6.31. The molecule has 0 bridgehead atoms. The van der Waals surface area contributed by atoms with Crippen LogP contribution in [0.25, 0.3) is 0 Å². The molecular weight excluding hydrogens is 394 g/mol. The second-order valence-electron chi connectivity index (χ2n) is 9.43. The van der Waals surface area contributed by atoms with E-state index < -0.39 is 5.54 Å². The molecule has 1 amide bonds. The van der Waals surface area contributed by atoms with Gasteiger partial charge in [-0.2, -0.15) is 0 Å². The third-order valence-corrected chi connectivity index (χ3v) is 7.54. The fourth-order valence-corrected chi connectivity index (χ4v) is 5.06. The summed E-state index contributed by atoms with van der Waals surface area (Å²) < 4.78 is 0. The highest BCUT2D eigenvalue weighted by Crippen LogP contribution is 2.45. The molecule has 4 aliphatic rings. The molecule has 1 heterocycles. The summed E-state index contributed by atoms with van der Waals surface area (Å²) in [6.45, 7) is 2.35. The minimum absolute atomic E-state index is 0.222. The Morgan fingerprint density at radius 1 is 1.03 bits per heavy atom. The molecule has 0 aromatic heterocycles. The van der Waals surface area contributed by atoms with Gasteiger partial charge in [0.2, 0.25) is 5.91 Å². The quantitative estimate of drug-likeness (QED) is 0.723. The van der Waals surface area contributed by atoms with Crippen molar-refractivity contribution in [2.75, 3.05) is 22.9 Å². The maximum Gasteiger partial charge on any atom is 0.247 e. The number of rotatable bonds is 6. The van der Waals surface area contributed by atoms with Gasteiger partial charge in [0, 0.05) is 30.7 Å². The number of carbonyl (C=O) groups is 1. The summed E-state index contributed by atoms with van der Waals surface area (Å²) in [6.07, 6.45) is 6.91. The van der Waals surface area contributed by atoms with Gasteiger partial charge in [0.25, 0.3) is 0 Å². The zero-order valence-electron chi connectivity index (χ0n) is 17.2. The highest BCUT2D eigenvalue weighted by Gasteiger charge is 2.52.